The molecule has 0 fully saturated rings. The number of ketones is 1. The van der Waals surface area contributed by atoms with Gasteiger partial charge in [0.25, 0.3) is 0 Å². The van der Waals surface area contributed by atoms with Crippen molar-refractivity contribution in [2.75, 3.05) is 11.5 Å². The lowest BCUT2D eigenvalue weighted by atomic mass is 9.77. The highest BCUT2D eigenvalue weighted by Crippen LogP contribution is 2.43. The largest absolute Gasteiger partial charge is 0.361 e. The molecule has 1 aliphatic heterocycles. The van der Waals surface area contributed by atoms with E-state index in [1.54, 1.807) is 26.8 Å². The van der Waals surface area contributed by atoms with Gasteiger partial charge >= 0.3 is 10.1 Å². The van der Waals surface area contributed by atoms with Crippen LogP contribution in [-0.4, -0.2) is 43.9 Å². The molecule has 2 aromatic rings. The van der Waals surface area contributed by atoms with E-state index in [1.165, 1.54) is 17.8 Å². The second kappa shape index (κ2) is 7.74. The van der Waals surface area contributed by atoms with Gasteiger partial charge in [-0.25, -0.2) is 13.1 Å². The number of nitrogens with zero attached hydrogens (tertiary/aromatic N) is 2. The van der Waals surface area contributed by atoms with Crippen molar-refractivity contribution in [1.29, 1.82) is 0 Å². The van der Waals surface area contributed by atoms with Crippen molar-refractivity contribution in [1.82, 2.24) is 9.78 Å². The molecule has 3 rings (SSSR count). The van der Waals surface area contributed by atoms with Gasteiger partial charge in [0.1, 0.15) is 5.56 Å². The average Bonchev–Trinajstić information content (AvgIpc) is 3.08. The smallest absolute Gasteiger partial charge is 0.310 e. The molecule has 0 bridgehead atoms. The predicted octanol–water partition coefficient (Wildman–Crippen LogP) is 2.93. The van der Waals surface area contributed by atoms with Crippen LogP contribution in [-0.2, 0) is 31.9 Å². The van der Waals surface area contributed by atoms with Crippen molar-refractivity contribution in [2.45, 2.75) is 64.8 Å². The second-order valence-electron chi connectivity index (χ2n) is 8.46. The molecule has 0 saturated carbocycles. The lowest BCUT2D eigenvalue weighted by Gasteiger charge is -2.35. The second-order valence-corrected chi connectivity index (χ2v) is 12.4. The molecular weight excluding hydrogens is 440 g/mol. The zero-order chi connectivity index (χ0) is 23.4. The van der Waals surface area contributed by atoms with Crippen molar-refractivity contribution in [3.8, 4) is 5.88 Å². The Balaban J connectivity index is 2.24. The van der Waals surface area contributed by atoms with Gasteiger partial charge in [-0.2, -0.15) is 13.5 Å². The summed E-state index contributed by atoms with van der Waals surface area (Å²) in [6.07, 6.45) is 1.75. The van der Waals surface area contributed by atoms with Gasteiger partial charge in [-0.3, -0.25) is 4.79 Å². The van der Waals surface area contributed by atoms with Crippen LogP contribution < -0.4 is 4.18 Å². The molecule has 0 saturated heterocycles. The number of aryl methyl sites for hydroxylation is 2. The number of benzene rings is 1. The number of rotatable bonds is 6. The Bertz CT molecular complexity index is 1270. The Labute approximate surface area is 183 Å². The monoisotopic (exact) mass is 468 g/mol. The highest BCUT2D eigenvalue weighted by molar-refractivity contribution is 7.91. The first kappa shape index (κ1) is 23.5. The lowest BCUT2D eigenvalue weighted by Crippen LogP contribution is -2.33. The Morgan fingerprint density at radius 2 is 1.87 bits per heavy atom. The third kappa shape index (κ3) is 4.03. The Hall–Kier alpha value is -2.20. The summed E-state index contributed by atoms with van der Waals surface area (Å²) in [5, 5.41) is 4.10. The number of fused-ring (bicyclic) bond motifs is 1. The maximum absolute atomic E-state index is 13.5. The Kier molecular flexibility index (Phi) is 5.86. The molecule has 0 N–H and O–H groups in total. The van der Waals surface area contributed by atoms with E-state index in [0.29, 0.717) is 40.1 Å². The molecule has 170 valence electrons. The van der Waals surface area contributed by atoms with Gasteiger partial charge in [-0.15, -0.1) is 0 Å². The molecule has 1 aliphatic rings. The van der Waals surface area contributed by atoms with Crippen molar-refractivity contribution in [3.05, 3.63) is 40.1 Å². The topological polar surface area (TPSA) is 112 Å². The standard InChI is InChI=1S/C21H28N2O6S2/c1-7-23-20(29-31(27,28)8-2)16(12-22-23)18(24)15-11-13(3)19-17(14(15)4)21(5,6)9-10-30(19,25)26/h11-12H,7-10H2,1-6H3. The molecule has 0 radical (unpaired) electrons. The molecule has 10 heteroatoms. The first-order valence-electron chi connectivity index (χ1n) is 10.2. The molecule has 2 heterocycles. The van der Waals surface area contributed by atoms with Gasteiger partial charge in [0.05, 0.1) is 22.6 Å². The summed E-state index contributed by atoms with van der Waals surface area (Å²) >= 11 is 0. The zero-order valence-corrected chi connectivity index (χ0v) is 20.3. The molecule has 0 aliphatic carbocycles. The van der Waals surface area contributed by atoms with E-state index < -0.39 is 31.2 Å². The van der Waals surface area contributed by atoms with Gasteiger partial charge in [0, 0.05) is 12.1 Å². The average molecular weight is 469 g/mol. The maximum Gasteiger partial charge on any atom is 0.310 e. The summed E-state index contributed by atoms with van der Waals surface area (Å²) in [6.45, 7) is 10.9. The number of aromatic nitrogens is 2. The third-order valence-corrected chi connectivity index (χ3v) is 8.86. The van der Waals surface area contributed by atoms with Gasteiger partial charge in [-0.1, -0.05) is 13.8 Å². The molecule has 31 heavy (non-hydrogen) atoms. The van der Waals surface area contributed by atoms with Crippen molar-refractivity contribution < 1.29 is 25.8 Å². The zero-order valence-electron chi connectivity index (χ0n) is 18.6. The summed E-state index contributed by atoms with van der Waals surface area (Å²) < 4.78 is 56.2. The van der Waals surface area contributed by atoms with Crippen molar-refractivity contribution in [3.63, 3.8) is 0 Å². The molecule has 0 unspecified atom stereocenters. The molecule has 0 spiro atoms. The fraction of sp³-hybridized carbons (Fsp3) is 0.524. The highest BCUT2D eigenvalue weighted by atomic mass is 32.2. The number of carbonyl (C=O) groups is 1. The molecular formula is C21H28N2O6S2. The van der Waals surface area contributed by atoms with Gasteiger partial charge in [-0.05, 0) is 62.3 Å². The van der Waals surface area contributed by atoms with Crippen LogP contribution in [0.25, 0.3) is 0 Å². The Morgan fingerprint density at radius 3 is 2.45 bits per heavy atom. The van der Waals surface area contributed by atoms with Crippen LogP contribution in [0.3, 0.4) is 0 Å². The number of sulfone groups is 1. The fourth-order valence-corrected chi connectivity index (χ4v) is 6.94. The van der Waals surface area contributed by atoms with Gasteiger partial charge in [0.15, 0.2) is 15.6 Å². The van der Waals surface area contributed by atoms with E-state index in [0.717, 1.165) is 0 Å². The summed E-state index contributed by atoms with van der Waals surface area (Å²) in [4.78, 5) is 13.8. The van der Waals surface area contributed by atoms with E-state index in [9.17, 15) is 21.6 Å². The summed E-state index contributed by atoms with van der Waals surface area (Å²) in [6, 6.07) is 1.57. The van der Waals surface area contributed by atoms with E-state index >= 15 is 0 Å². The SMILES string of the molecule is CCn1ncc(C(=O)c2cc(C)c3c(c2C)C(C)(C)CCS3(=O)=O)c1OS(=O)(=O)CC. The van der Waals surface area contributed by atoms with E-state index in [2.05, 4.69) is 5.10 Å². The van der Waals surface area contributed by atoms with Crippen molar-refractivity contribution in [2.24, 2.45) is 0 Å². The van der Waals surface area contributed by atoms with Crippen LogP contribution in [0.2, 0.25) is 0 Å². The minimum atomic E-state index is -3.87. The highest BCUT2D eigenvalue weighted by Gasteiger charge is 2.39. The van der Waals surface area contributed by atoms with Gasteiger partial charge in [0.2, 0.25) is 5.88 Å². The quantitative estimate of drug-likeness (QED) is 0.473. The molecule has 0 atom stereocenters. The molecule has 8 nitrogen and oxygen atoms in total. The van der Waals surface area contributed by atoms with Crippen LogP contribution in [0.1, 0.15) is 66.7 Å². The van der Waals surface area contributed by atoms with Crippen LogP contribution in [0.5, 0.6) is 5.88 Å². The summed E-state index contributed by atoms with van der Waals surface area (Å²) in [5.41, 5.74) is 1.64. The maximum atomic E-state index is 13.5. The first-order chi connectivity index (χ1) is 14.3. The number of hydrogen-bond donors (Lipinski definition) is 0. The van der Waals surface area contributed by atoms with Gasteiger partial charge < -0.3 is 4.18 Å². The third-order valence-electron chi connectivity index (χ3n) is 5.85. The molecule has 1 aromatic carbocycles. The lowest BCUT2D eigenvalue weighted by molar-refractivity contribution is 0.103. The predicted molar refractivity (Wildman–Crippen MR) is 117 cm³/mol. The number of hydrogen-bond acceptors (Lipinski definition) is 7. The van der Waals surface area contributed by atoms with Crippen LogP contribution in [0.15, 0.2) is 17.2 Å². The van der Waals surface area contributed by atoms with Crippen molar-refractivity contribution >= 4 is 25.7 Å². The molecule has 1 aromatic heterocycles. The summed E-state index contributed by atoms with van der Waals surface area (Å²) in [5.74, 6) is -0.769. The van der Waals surface area contributed by atoms with Crippen LogP contribution in [0.4, 0.5) is 0 Å². The van der Waals surface area contributed by atoms with E-state index in [-0.39, 0.29) is 22.9 Å². The molecule has 0 amide bonds. The van der Waals surface area contributed by atoms with Crippen LogP contribution >= 0.6 is 0 Å². The minimum absolute atomic E-state index is 0.0257. The summed E-state index contributed by atoms with van der Waals surface area (Å²) in [7, 11) is -7.31. The first-order valence-corrected chi connectivity index (χ1v) is 13.4. The number of carbonyl (C=O) groups excluding carboxylic acids is 1. The minimum Gasteiger partial charge on any atom is -0.361 e. The van der Waals surface area contributed by atoms with E-state index in [1.807, 2.05) is 13.8 Å². The van der Waals surface area contributed by atoms with Crippen LogP contribution in [0, 0.1) is 13.8 Å². The van der Waals surface area contributed by atoms with E-state index in [4.69, 9.17) is 4.18 Å². The normalized spacial score (nSPS) is 17.2. The fourth-order valence-electron chi connectivity index (χ4n) is 4.13. The Morgan fingerprint density at radius 1 is 1.23 bits per heavy atom.